The topological polar surface area (TPSA) is 86.8 Å². The van der Waals surface area contributed by atoms with Crippen LogP contribution in [0.25, 0.3) is 0 Å². The maximum Gasteiger partial charge on any atom is 0.264 e. The smallest absolute Gasteiger partial charge is 0.264 e. The molecule has 3 aromatic rings. The van der Waals surface area contributed by atoms with Crippen molar-refractivity contribution in [1.82, 2.24) is 10.2 Å². The third kappa shape index (κ3) is 8.71. The Hall–Kier alpha value is -3.07. The lowest BCUT2D eigenvalue weighted by Crippen LogP contribution is -2.55. The van der Waals surface area contributed by atoms with E-state index < -0.39 is 34.1 Å². The van der Waals surface area contributed by atoms with E-state index in [0.29, 0.717) is 6.42 Å². The molecule has 0 radical (unpaired) electrons. The number of anilines is 1. The van der Waals surface area contributed by atoms with Crippen LogP contribution in [0.2, 0.25) is 10.0 Å². The Morgan fingerprint density at radius 1 is 0.902 bits per heavy atom. The summed E-state index contributed by atoms with van der Waals surface area (Å²) in [5, 5.41) is 3.40. The van der Waals surface area contributed by atoms with E-state index in [1.807, 2.05) is 65.8 Å². The molecule has 41 heavy (non-hydrogen) atoms. The summed E-state index contributed by atoms with van der Waals surface area (Å²) in [4.78, 5) is 29.0. The maximum atomic E-state index is 14.2. The molecular weight excluding hydrogens is 581 g/mol. The third-order valence-corrected chi connectivity index (χ3v) is 8.57. The number of aryl methyl sites for hydroxylation is 2. The Bertz CT molecular complexity index is 1480. The van der Waals surface area contributed by atoms with Gasteiger partial charge in [0.25, 0.3) is 10.0 Å². The van der Waals surface area contributed by atoms with E-state index >= 15 is 0 Å². The quantitative estimate of drug-likeness (QED) is 0.280. The van der Waals surface area contributed by atoms with E-state index in [1.165, 1.54) is 35.2 Å². The monoisotopic (exact) mass is 617 g/mol. The molecule has 0 aromatic heterocycles. The number of nitrogens with zero attached hydrogens (tertiary/aromatic N) is 2. The van der Waals surface area contributed by atoms with Gasteiger partial charge in [-0.2, -0.15) is 0 Å². The number of sulfonamides is 1. The first-order chi connectivity index (χ1) is 19.1. The number of carbonyl (C=O) groups excluding carboxylic acids is 2. The van der Waals surface area contributed by atoms with Gasteiger partial charge in [0.1, 0.15) is 12.6 Å². The number of carbonyl (C=O) groups is 2. The second-order valence-electron chi connectivity index (χ2n) is 11.1. The Morgan fingerprint density at radius 3 is 2.05 bits per heavy atom. The molecule has 0 unspecified atom stereocenters. The average molecular weight is 619 g/mol. The third-order valence-electron chi connectivity index (χ3n) is 6.34. The van der Waals surface area contributed by atoms with Crippen molar-refractivity contribution in [2.75, 3.05) is 10.8 Å². The molecule has 1 atom stereocenters. The average Bonchev–Trinajstić information content (AvgIpc) is 2.85. The van der Waals surface area contributed by atoms with E-state index in [1.54, 1.807) is 12.1 Å². The van der Waals surface area contributed by atoms with Gasteiger partial charge in [-0.1, -0.05) is 77.7 Å². The van der Waals surface area contributed by atoms with Gasteiger partial charge in [-0.25, -0.2) is 8.42 Å². The highest BCUT2D eigenvalue weighted by atomic mass is 35.5. The first-order valence-electron chi connectivity index (χ1n) is 13.3. The zero-order valence-electron chi connectivity index (χ0n) is 24.2. The molecule has 220 valence electrons. The van der Waals surface area contributed by atoms with Crippen molar-refractivity contribution < 1.29 is 18.0 Å². The van der Waals surface area contributed by atoms with Gasteiger partial charge in [0.2, 0.25) is 11.8 Å². The fourth-order valence-corrected chi connectivity index (χ4v) is 6.34. The van der Waals surface area contributed by atoms with Gasteiger partial charge in [-0.3, -0.25) is 13.9 Å². The highest BCUT2D eigenvalue weighted by Gasteiger charge is 2.34. The molecular formula is C31H37Cl2N3O4S. The first-order valence-corrected chi connectivity index (χ1v) is 15.5. The molecule has 0 aliphatic carbocycles. The van der Waals surface area contributed by atoms with Crippen molar-refractivity contribution >= 4 is 50.7 Å². The second kappa shape index (κ2) is 13.3. The number of amides is 2. The van der Waals surface area contributed by atoms with Gasteiger partial charge >= 0.3 is 0 Å². The molecule has 0 fully saturated rings. The van der Waals surface area contributed by atoms with Crippen LogP contribution in [-0.2, 0) is 26.2 Å². The summed E-state index contributed by atoms with van der Waals surface area (Å²) in [6.07, 6.45) is 0.327. The van der Waals surface area contributed by atoms with Crippen LogP contribution < -0.4 is 9.62 Å². The molecule has 0 aliphatic rings. The predicted octanol–water partition coefficient (Wildman–Crippen LogP) is 6.53. The minimum atomic E-state index is -4.23. The van der Waals surface area contributed by atoms with E-state index in [-0.39, 0.29) is 33.1 Å². The lowest BCUT2D eigenvalue weighted by molar-refractivity contribution is -0.141. The molecule has 7 nitrogen and oxygen atoms in total. The van der Waals surface area contributed by atoms with Gasteiger partial charge in [0, 0.05) is 22.1 Å². The van der Waals surface area contributed by atoms with Crippen LogP contribution in [0.3, 0.4) is 0 Å². The van der Waals surface area contributed by atoms with Gasteiger partial charge in [-0.15, -0.1) is 0 Å². The molecule has 0 bridgehead atoms. The van der Waals surface area contributed by atoms with E-state index in [9.17, 15) is 18.0 Å². The number of benzene rings is 3. The summed E-state index contributed by atoms with van der Waals surface area (Å²) in [5.41, 5.74) is 2.32. The molecule has 0 saturated heterocycles. The van der Waals surface area contributed by atoms with Crippen LogP contribution in [0.15, 0.2) is 71.6 Å². The van der Waals surface area contributed by atoms with Crippen molar-refractivity contribution in [1.29, 1.82) is 0 Å². The van der Waals surface area contributed by atoms with Gasteiger partial charge in [-0.05, 0) is 76.9 Å². The van der Waals surface area contributed by atoms with Crippen LogP contribution in [0.5, 0.6) is 0 Å². The SMILES string of the molecule is CC[C@H](C(=O)NC(C)(C)C)N(Cc1cccc(C)c1)C(=O)CN(c1cc(Cl)cc(Cl)c1)S(=O)(=O)c1ccc(C)cc1. The number of rotatable bonds is 10. The molecule has 3 aromatic carbocycles. The molecule has 10 heteroatoms. The zero-order chi connectivity index (χ0) is 30.5. The number of halogens is 2. The molecule has 0 aliphatic heterocycles. The fourth-order valence-electron chi connectivity index (χ4n) is 4.43. The number of nitrogens with one attached hydrogen (secondary N) is 1. The fraction of sp³-hybridized carbons (Fsp3) is 0.355. The normalized spacial score (nSPS) is 12.5. The van der Waals surface area contributed by atoms with Crippen molar-refractivity contribution in [3.63, 3.8) is 0 Å². The first kappa shape index (κ1) is 32.4. The highest BCUT2D eigenvalue weighted by Crippen LogP contribution is 2.30. The Kier molecular flexibility index (Phi) is 10.5. The summed E-state index contributed by atoms with van der Waals surface area (Å²) < 4.78 is 29.0. The lowest BCUT2D eigenvalue weighted by atomic mass is 10.0. The second-order valence-corrected chi connectivity index (χ2v) is 13.9. The van der Waals surface area contributed by atoms with Crippen molar-refractivity contribution in [2.24, 2.45) is 0 Å². The van der Waals surface area contributed by atoms with Crippen LogP contribution in [0.1, 0.15) is 50.8 Å². The molecule has 0 saturated carbocycles. The van der Waals surface area contributed by atoms with Gasteiger partial charge in [0.05, 0.1) is 10.6 Å². The van der Waals surface area contributed by atoms with Crippen molar-refractivity contribution in [3.05, 3.63) is 93.5 Å². The summed E-state index contributed by atoms with van der Waals surface area (Å²) in [5.74, 6) is -0.867. The van der Waals surface area contributed by atoms with Gasteiger partial charge in [0.15, 0.2) is 0 Å². The van der Waals surface area contributed by atoms with Crippen LogP contribution >= 0.6 is 23.2 Å². The van der Waals surface area contributed by atoms with Crippen molar-refractivity contribution in [2.45, 2.75) is 71.0 Å². The van der Waals surface area contributed by atoms with Gasteiger partial charge < -0.3 is 10.2 Å². The summed E-state index contributed by atoms with van der Waals surface area (Å²) >= 11 is 12.5. The largest absolute Gasteiger partial charge is 0.350 e. The highest BCUT2D eigenvalue weighted by molar-refractivity contribution is 7.92. The van der Waals surface area contributed by atoms with E-state index in [0.717, 1.165) is 21.0 Å². The van der Waals surface area contributed by atoms with E-state index in [2.05, 4.69) is 5.32 Å². The zero-order valence-corrected chi connectivity index (χ0v) is 26.6. The maximum absolute atomic E-state index is 14.2. The summed E-state index contributed by atoms with van der Waals surface area (Å²) in [7, 11) is -4.23. The molecule has 2 amide bonds. The summed E-state index contributed by atoms with van der Waals surface area (Å²) in [6, 6.07) is 17.5. The summed E-state index contributed by atoms with van der Waals surface area (Å²) in [6.45, 7) is 10.8. The Morgan fingerprint density at radius 2 is 1.51 bits per heavy atom. The number of hydrogen-bond donors (Lipinski definition) is 1. The molecule has 0 spiro atoms. The number of hydrogen-bond acceptors (Lipinski definition) is 4. The van der Waals surface area contributed by atoms with Crippen LogP contribution in [0.4, 0.5) is 5.69 Å². The minimum absolute atomic E-state index is 0.00903. The predicted molar refractivity (Wildman–Crippen MR) is 166 cm³/mol. The van der Waals surface area contributed by atoms with Crippen LogP contribution in [-0.4, -0.2) is 43.3 Å². The van der Waals surface area contributed by atoms with Crippen LogP contribution in [0, 0.1) is 13.8 Å². The van der Waals surface area contributed by atoms with E-state index in [4.69, 9.17) is 23.2 Å². The van der Waals surface area contributed by atoms with Crippen molar-refractivity contribution in [3.8, 4) is 0 Å². The molecule has 0 heterocycles. The minimum Gasteiger partial charge on any atom is -0.350 e. The standard InChI is InChI=1S/C31H37Cl2N3O4S/c1-7-28(30(38)34-31(4,5)6)35(19-23-10-8-9-22(3)15-23)29(37)20-36(26-17-24(32)16-25(33)18-26)41(39,40)27-13-11-21(2)12-14-27/h8-18,28H,7,19-20H2,1-6H3,(H,34,38)/t28-/m1/s1. The molecule has 3 rings (SSSR count). The Labute approximate surface area is 253 Å². The Balaban J connectivity index is 2.11. The molecule has 1 N–H and O–H groups in total. The lowest BCUT2D eigenvalue weighted by Gasteiger charge is -2.35.